The fourth-order valence-electron chi connectivity index (χ4n) is 3.69. The van der Waals surface area contributed by atoms with Gasteiger partial charge in [0.15, 0.2) is 0 Å². The van der Waals surface area contributed by atoms with E-state index in [1.54, 1.807) is 4.90 Å². The molecule has 1 saturated heterocycles. The van der Waals surface area contributed by atoms with Gasteiger partial charge in [0.05, 0.1) is 4.90 Å². The number of carbonyl (C=O) groups excluding carboxylic acids is 1. The van der Waals surface area contributed by atoms with Crippen LogP contribution in [0, 0.1) is 5.82 Å². The Labute approximate surface area is 183 Å². The molecular formula is C21H21BrFN3O3S. The summed E-state index contributed by atoms with van der Waals surface area (Å²) < 4.78 is 42.9. The van der Waals surface area contributed by atoms with Gasteiger partial charge in [0.1, 0.15) is 5.82 Å². The van der Waals surface area contributed by atoms with Gasteiger partial charge in [-0.25, -0.2) is 12.8 Å². The van der Waals surface area contributed by atoms with Crippen molar-refractivity contribution < 1.29 is 17.6 Å². The first-order valence-corrected chi connectivity index (χ1v) is 11.9. The molecule has 6 nitrogen and oxygen atoms in total. The molecule has 0 radical (unpaired) electrons. The molecule has 0 bridgehead atoms. The minimum absolute atomic E-state index is 0.00526. The van der Waals surface area contributed by atoms with Crippen LogP contribution >= 0.6 is 15.9 Å². The Kier molecular flexibility index (Phi) is 5.95. The topological polar surface area (TPSA) is 62.6 Å². The second-order valence-electron chi connectivity index (χ2n) is 7.17. The van der Waals surface area contributed by atoms with E-state index in [1.807, 2.05) is 35.0 Å². The number of hydrogen-bond donors (Lipinski definition) is 0. The molecular weight excluding hydrogens is 473 g/mol. The molecule has 0 unspecified atom stereocenters. The lowest BCUT2D eigenvalue weighted by Gasteiger charge is -2.34. The third kappa shape index (κ3) is 4.14. The Morgan fingerprint density at radius 2 is 1.70 bits per heavy atom. The maximum Gasteiger partial charge on any atom is 0.243 e. The second kappa shape index (κ2) is 8.49. The third-order valence-electron chi connectivity index (χ3n) is 5.37. The molecule has 0 N–H and O–H groups in total. The average Bonchev–Trinajstić information content (AvgIpc) is 3.17. The molecule has 1 amide bonds. The lowest BCUT2D eigenvalue weighted by atomic mass is 10.2. The van der Waals surface area contributed by atoms with Crippen LogP contribution in [0.25, 0.3) is 10.9 Å². The van der Waals surface area contributed by atoms with E-state index >= 15 is 0 Å². The smallest absolute Gasteiger partial charge is 0.243 e. The van der Waals surface area contributed by atoms with Crippen molar-refractivity contribution in [1.29, 1.82) is 0 Å². The molecule has 2 heterocycles. The van der Waals surface area contributed by atoms with E-state index in [1.165, 1.54) is 16.4 Å². The number of hydrogen-bond acceptors (Lipinski definition) is 3. The van der Waals surface area contributed by atoms with Crippen molar-refractivity contribution in [1.82, 2.24) is 13.8 Å². The SMILES string of the molecule is O=C(CCn1ccc2c(Br)cccc21)N1CCN(S(=O)(=O)c2ccc(F)cc2)CC1. The van der Waals surface area contributed by atoms with Crippen molar-refractivity contribution in [3.8, 4) is 0 Å². The number of fused-ring (bicyclic) bond motifs is 1. The van der Waals surface area contributed by atoms with E-state index in [-0.39, 0.29) is 23.9 Å². The molecule has 1 fully saturated rings. The van der Waals surface area contributed by atoms with Gasteiger partial charge in [-0.1, -0.05) is 22.0 Å². The highest BCUT2D eigenvalue weighted by Crippen LogP contribution is 2.25. The molecule has 4 rings (SSSR count). The number of carbonyl (C=O) groups is 1. The van der Waals surface area contributed by atoms with Crippen molar-refractivity contribution in [2.75, 3.05) is 26.2 Å². The Morgan fingerprint density at radius 3 is 2.40 bits per heavy atom. The standard InChI is InChI=1S/C21H21BrFN3O3S/c22-19-2-1-3-20-18(19)8-10-24(20)11-9-21(27)25-12-14-26(15-13-25)30(28,29)17-6-4-16(23)5-7-17/h1-8,10H,9,11-15H2. The van der Waals surface area contributed by atoms with Crippen LogP contribution in [0.4, 0.5) is 4.39 Å². The van der Waals surface area contributed by atoms with Gasteiger partial charge in [0.2, 0.25) is 15.9 Å². The fraction of sp³-hybridized carbons (Fsp3) is 0.286. The number of halogens is 2. The average molecular weight is 494 g/mol. The first kappa shape index (κ1) is 21.0. The predicted molar refractivity (Wildman–Crippen MR) is 116 cm³/mol. The third-order valence-corrected chi connectivity index (χ3v) is 7.97. The van der Waals surface area contributed by atoms with Gasteiger partial charge in [-0.3, -0.25) is 4.79 Å². The Morgan fingerprint density at radius 1 is 1.00 bits per heavy atom. The summed E-state index contributed by atoms with van der Waals surface area (Å²) in [6.07, 6.45) is 2.32. The van der Waals surface area contributed by atoms with Gasteiger partial charge < -0.3 is 9.47 Å². The van der Waals surface area contributed by atoms with Crippen LogP contribution in [-0.4, -0.2) is 54.3 Å². The summed E-state index contributed by atoms with van der Waals surface area (Å²) in [4.78, 5) is 14.4. The van der Waals surface area contributed by atoms with Crippen molar-refractivity contribution in [2.45, 2.75) is 17.9 Å². The lowest BCUT2D eigenvalue weighted by Crippen LogP contribution is -2.50. The summed E-state index contributed by atoms with van der Waals surface area (Å²) in [5.74, 6) is -0.474. The number of aromatic nitrogens is 1. The van der Waals surface area contributed by atoms with E-state index in [9.17, 15) is 17.6 Å². The molecule has 9 heteroatoms. The number of rotatable bonds is 5. The van der Waals surface area contributed by atoms with E-state index in [0.29, 0.717) is 26.1 Å². The first-order chi connectivity index (χ1) is 14.4. The highest BCUT2D eigenvalue weighted by Gasteiger charge is 2.30. The predicted octanol–water partition coefficient (Wildman–Crippen LogP) is 3.47. The lowest BCUT2D eigenvalue weighted by molar-refractivity contribution is -0.132. The van der Waals surface area contributed by atoms with Crippen LogP contribution in [0.1, 0.15) is 6.42 Å². The quantitative estimate of drug-likeness (QED) is 0.546. The van der Waals surface area contributed by atoms with Crippen LogP contribution < -0.4 is 0 Å². The summed E-state index contributed by atoms with van der Waals surface area (Å²) in [5, 5.41) is 1.10. The highest BCUT2D eigenvalue weighted by atomic mass is 79.9. The number of amides is 1. The fourth-order valence-corrected chi connectivity index (χ4v) is 5.60. The highest BCUT2D eigenvalue weighted by molar-refractivity contribution is 9.10. The summed E-state index contributed by atoms with van der Waals surface area (Å²) in [6, 6.07) is 12.8. The van der Waals surface area contributed by atoms with Gasteiger partial charge in [0.25, 0.3) is 0 Å². The molecule has 0 saturated carbocycles. The number of benzene rings is 2. The number of aryl methyl sites for hydroxylation is 1. The minimum atomic E-state index is -3.68. The van der Waals surface area contributed by atoms with E-state index in [4.69, 9.17) is 0 Å². The van der Waals surface area contributed by atoms with Gasteiger partial charge in [-0.2, -0.15) is 4.31 Å². The molecule has 1 aromatic heterocycles. The van der Waals surface area contributed by atoms with Crippen molar-refractivity contribution >= 4 is 42.8 Å². The van der Waals surface area contributed by atoms with Gasteiger partial charge >= 0.3 is 0 Å². The summed E-state index contributed by atoms with van der Waals surface area (Å²) >= 11 is 3.53. The maximum atomic E-state index is 13.1. The number of piperazine rings is 1. The van der Waals surface area contributed by atoms with E-state index in [0.717, 1.165) is 27.5 Å². The minimum Gasteiger partial charge on any atom is -0.347 e. The Balaban J connectivity index is 1.35. The van der Waals surface area contributed by atoms with Crippen LogP contribution in [0.2, 0.25) is 0 Å². The van der Waals surface area contributed by atoms with Gasteiger partial charge in [0, 0.05) is 60.7 Å². The van der Waals surface area contributed by atoms with Crippen LogP contribution in [-0.2, 0) is 21.4 Å². The van der Waals surface area contributed by atoms with Crippen LogP contribution in [0.3, 0.4) is 0 Å². The van der Waals surface area contributed by atoms with Crippen LogP contribution in [0.15, 0.2) is 64.1 Å². The second-order valence-corrected chi connectivity index (χ2v) is 9.96. The molecule has 1 aliphatic heterocycles. The Hall–Kier alpha value is -2.23. The van der Waals surface area contributed by atoms with Gasteiger partial charge in [-0.15, -0.1) is 0 Å². The molecule has 0 aliphatic carbocycles. The monoisotopic (exact) mass is 493 g/mol. The van der Waals surface area contributed by atoms with Crippen molar-refractivity contribution in [3.63, 3.8) is 0 Å². The zero-order chi connectivity index (χ0) is 21.3. The maximum absolute atomic E-state index is 13.1. The van der Waals surface area contributed by atoms with Crippen LogP contribution in [0.5, 0.6) is 0 Å². The van der Waals surface area contributed by atoms with Crippen molar-refractivity contribution in [2.24, 2.45) is 0 Å². The van der Waals surface area contributed by atoms with E-state index < -0.39 is 15.8 Å². The molecule has 158 valence electrons. The first-order valence-electron chi connectivity index (χ1n) is 9.63. The van der Waals surface area contributed by atoms with Crippen molar-refractivity contribution in [3.05, 3.63) is 65.0 Å². The van der Waals surface area contributed by atoms with E-state index in [2.05, 4.69) is 15.9 Å². The zero-order valence-electron chi connectivity index (χ0n) is 16.2. The number of sulfonamides is 1. The van der Waals surface area contributed by atoms with Gasteiger partial charge in [-0.05, 0) is 42.5 Å². The molecule has 30 heavy (non-hydrogen) atoms. The normalized spacial score (nSPS) is 15.6. The Bertz CT molecular complexity index is 1170. The summed E-state index contributed by atoms with van der Waals surface area (Å²) in [7, 11) is -3.68. The number of nitrogens with zero attached hydrogens (tertiary/aromatic N) is 3. The molecule has 0 atom stereocenters. The zero-order valence-corrected chi connectivity index (χ0v) is 18.6. The summed E-state index contributed by atoms with van der Waals surface area (Å²) in [6.45, 7) is 1.71. The molecule has 3 aromatic rings. The summed E-state index contributed by atoms with van der Waals surface area (Å²) in [5.41, 5.74) is 1.06. The molecule has 1 aliphatic rings. The largest absolute Gasteiger partial charge is 0.347 e. The molecule has 2 aromatic carbocycles. The molecule has 0 spiro atoms.